The van der Waals surface area contributed by atoms with Gasteiger partial charge in [0.1, 0.15) is 5.82 Å². The predicted octanol–water partition coefficient (Wildman–Crippen LogP) is 2.79. The van der Waals surface area contributed by atoms with E-state index in [0.29, 0.717) is 11.7 Å². The molecule has 1 aromatic heterocycles. The molecule has 1 amide bonds. The maximum absolute atomic E-state index is 11.0. The van der Waals surface area contributed by atoms with Crippen LogP contribution in [0.3, 0.4) is 0 Å². The quantitative estimate of drug-likeness (QED) is 0.909. The highest BCUT2D eigenvalue weighted by molar-refractivity contribution is 5.85. The molecule has 1 aliphatic rings. The number of benzene rings is 1. The third-order valence-corrected chi connectivity index (χ3v) is 4.84. The Kier molecular flexibility index (Phi) is 5.37. The van der Waals surface area contributed by atoms with E-state index in [1.807, 2.05) is 18.3 Å². The summed E-state index contributed by atoms with van der Waals surface area (Å²) in [6.07, 6.45) is 2.61. The monoisotopic (exact) mass is 355 g/mol. The number of rotatable bonds is 4. The summed E-state index contributed by atoms with van der Waals surface area (Å²) in [5.41, 5.74) is 2.31. The molecule has 2 aromatic rings. The minimum Gasteiger partial charge on any atom is -0.465 e. The lowest BCUT2D eigenvalue weighted by atomic mass is 10.1. The summed E-state index contributed by atoms with van der Waals surface area (Å²) in [6, 6.07) is 7.84. The molecule has 1 aromatic carbocycles. The molecule has 0 radical (unpaired) electrons. The lowest BCUT2D eigenvalue weighted by Crippen LogP contribution is -2.49. The molecule has 3 rings (SSSR count). The van der Waals surface area contributed by atoms with Gasteiger partial charge in [-0.3, -0.25) is 14.8 Å². The predicted molar refractivity (Wildman–Crippen MR) is 103 cm³/mol. The Hall–Kier alpha value is -2.67. The molecule has 138 valence electrons. The van der Waals surface area contributed by atoms with E-state index in [9.17, 15) is 4.79 Å². The van der Waals surface area contributed by atoms with Crippen LogP contribution in [0.2, 0.25) is 0 Å². The van der Waals surface area contributed by atoms with Gasteiger partial charge in [0.15, 0.2) is 0 Å². The first-order chi connectivity index (χ1) is 12.5. The Morgan fingerprint density at radius 2 is 1.73 bits per heavy atom. The van der Waals surface area contributed by atoms with E-state index in [0.717, 1.165) is 43.3 Å². The third-order valence-electron chi connectivity index (χ3n) is 4.84. The van der Waals surface area contributed by atoms with Crippen molar-refractivity contribution in [2.24, 2.45) is 0 Å². The number of hydrogen-bond acceptors (Lipinski definition) is 5. The average molecular weight is 355 g/mol. The Balaban J connectivity index is 1.67. The van der Waals surface area contributed by atoms with E-state index in [4.69, 9.17) is 5.11 Å². The summed E-state index contributed by atoms with van der Waals surface area (Å²) in [5, 5.41) is 9.02. The molecular weight excluding hydrogens is 330 g/mol. The van der Waals surface area contributed by atoms with Gasteiger partial charge in [0.25, 0.3) is 0 Å². The van der Waals surface area contributed by atoms with Crippen LogP contribution in [0.1, 0.15) is 13.8 Å². The second-order valence-electron chi connectivity index (χ2n) is 6.77. The van der Waals surface area contributed by atoms with E-state index in [2.05, 4.69) is 33.6 Å². The van der Waals surface area contributed by atoms with E-state index >= 15 is 0 Å². The number of anilines is 2. The minimum atomic E-state index is -0.987. The van der Waals surface area contributed by atoms with Crippen LogP contribution in [-0.4, -0.2) is 65.3 Å². The summed E-state index contributed by atoms with van der Waals surface area (Å²) in [5.74, 6) is 0.902. The largest absolute Gasteiger partial charge is 0.465 e. The molecule has 7 heteroatoms. The SMILES string of the molecule is CC(C)N1CCN(c2cnc(-c3ccc(N(C)C(=O)O)cc3)cn2)CC1. The number of carbonyl (C=O) groups is 1. The fourth-order valence-corrected chi connectivity index (χ4v) is 3.07. The summed E-state index contributed by atoms with van der Waals surface area (Å²) < 4.78 is 0. The molecule has 0 aliphatic carbocycles. The van der Waals surface area contributed by atoms with Crippen LogP contribution in [0.15, 0.2) is 36.7 Å². The van der Waals surface area contributed by atoms with Crippen molar-refractivity contribution in [1.82, 2.24) is 14.9 Å². The lowest BCUT2D eigenvalue weighted by molar-refractivity contribution is 0.203. The van der Waals surface area contributed by atoms with Crippen LogP contribution in [0.5, 0.6) is 0 Å². The molecule has 1 N–H and O–H groups in total. The van der Waals surface area contributed by atoms with Gasteiger partial charge in [0.05, 0.1) is 18.1 Å². The number of piperazine rings is 1. The van der Waals surface area contributed by atoms with Crippen molar-refractivity contribution in [2.75, 3.05) is 43.0 Å². The van der Waals surface area contributed by atoms with E-state index in [-0.39, 0.29) is 0 Å². The molecule has 7 nitrogen and oxygen atoms in total. The number of carboxylic acid groups (broad SMARTS) is 1. The highest BCUT2D eigenvalue weighted by Crippen LogP contribution is 2.22. The molecule has 2 heterocycles. The Morgan fingerprint density at radius 1 is 1.08 bits per heavy atom. The number of amides is 1. The standard InChI is InChI=1S/C19H25N5O2/c1-14(2)23-8-10-24(11-9-23)18-13-20-17(12-21-18)15-4-6-16(7-5-15)22(3)19(25)26/h4-7,12-14H,8-11H2,1-3H3,(H,25,26). The lowest BCUT2D eigenvalue weighted by Gasteiger charge is -2.37. The Morgan fingerprint density at radius 3 is 2.23 bits per heavy atom. The van der Waals surface area contributed by atoms with Gasteiger partial charge in [0.2, 0.25) is 0 Å². The van der Waals surface area contributed by atoms with Gasteiger partial charge in [-0.1, -0.05) is 12.1 Å². The first-order valence-corrected chi connectivity index (χ1v) is 8.84. The van der Waals surface area contributed by atoms with Crippen LogP contribution < -0.4 is 9.80 Å². The van der Waals surface area contributed by atoms with Crippen molar-refractivity contribution >= 4 is 17.6 Å². The number of nitrogens with zero attached hydrogens (tertiary/aromatic N) is 5. The second kappa shape index (κ2) is 7.70. The fourth-order valence-electron chi connectivity index (χ4n) is 3.07. The minimum absolute atomic E-state index is 0.578. The molecule has 0 atom stereocenters. The highest BCUT2D eigenvalue weighted by Gasteiger charge is 2.20. The van der Waals surface area contributed by atoms with Crippen LogP contribution in [-0.2, 0) is 0 Å². The molecule has 0 unspecified atom stereocenters. The van der Waals surface area contributed by atoms with Crippen LogP contribution in [0.25, 0.3) is 11.3 Å². The van der Waals surface area contributed by atoms with Gasteiger partial charge in [-0.2, -0.15) is 0 Å². The maximum atomic E-state index is 11.0. The van der Waals surface area contributed by atoms with Crippen molar-refractivity contribution in [2.45, 2.75) is 19.9 Å². The first-order valence-electron chi connectivity index (χ1n) is 8.84. The fraction of sp³-hybridized carbons (Fsp3) is 0.421. The number of hydrogen-bond donors (Lipinski definition) is 1. The Labute approximate surface area is 153 Å². The first kappa shape index (κ1) is 18.1. The second-order valence-corrected chi connectivity index (χ2v) is 6.77. The zero-order valence-electron chi connectivity index (χ0n) is 15.5. The highest BCUT2D eigenvalue weighted by atomic mass is 16.4. The zero-order valence-corrected chi connectivity index (χ0v) is 15.5. The van der Waals surface area contributed by atoms with Crippen molar-refractivity contribution in [1.29, 1.82) is 0 Å². The molecule has 1 fully saturated rings. The van der Waals surface area contributed by atoms with Crippen LogP contribution in [0, 0.1) is 0 Å². The molecular formula is C19H25N5O2. The number of aromatic nitrogens is 2. The van der Waals surface area contributed by atoms with E-state index in [1.54, 1.807) is 18.3 Å². The molecule has 1 saturated heterocycles. The summed E-state index contributed by atoms with van der Waals surface area (Å²) in [6.45, 7) is 8.46. The normalized spacial score (nSPS) is 15.3. The summed E-state index contributed by atoms with van der Waals surface area (Å²) in [4.78, 5) is 26.0. The molecule has 0 saturated carbocycles. The van der Waals surface area contributed by atoms with Crippen molar-refractivity contribution in [3.8, 4) is 11.3 Å². The molecule has 1 aliphatic heterocycles. The maximum Gasteiger partial charge on any atom is 0.411 e. The van der Waals surface area contributed by atoms with Gasteiger partial charge in [-0.25, -0.2) is 9.78 Å². The molecule has 0 spiro atoms. The molecule has 26 heavy (non-hydrogen) atoms. The molecule has 0 bridgehead atoms. The third kappa shape index (κ3) is 3.94. The van der Waals surface area contributed by atoms with Crippen molar-refractivity contribution in [3.05, 3.63) is 36.7 Å². The van der Waals surface area contributed by atoms with Crippen LogP contribution >= 0.6 is 0 Å². The van der Waals surface area contributed by atoms with E-state index in [1.165, 1.54) is 11.9 Å². The van der Waals surface area contributed by atoms with Gasteiger partial charge in [0, 0.05) is 50.5 Å². The smallest absolute Gasteiger partial charge is 0.411 e. The topological polar surface area (TPSA) is 72.8 Å². The zero-order chi connectivity index (χ0) is 18.7. The summed E-state index contributed by atoms with van der Waals surface area (Å²) in [7, 11) is 1.52. The summed E-state index contributed by atoms with van der Waals surface area (Å²) >= 11 is 0. The van der Waals surface area contributed by atoms with Crippen LogP contribution in [0.4, 0.5) is 16.3 Å². The van der Waals surface area contributed by atoms with Crippen molar-refractivity contribution in [3.63, 3.8) is 0 Å². The van der Waals surface area contributed by atoms with Gasteiger partial charge in [-0.15, -0.1) is 0 Å². The van der Waals surface area contributed by atoms with Gasteiger partial charge in [-0.05, 0) is 26.0 Å². The average Bonchev–Trinajstić information content (AvgIpc) is 2.67. The van der Waals surface area contributed by atoms with Crippen molar-refractivity contribution < 1.29 is 9.90 Å². The van der Waals surface area contributed by atoms with Gasteiger partial charge < -0.3 is 10.0 Å². The Bertz CT molecular complexity index is 738. The van der Waals surface area contributed by atoms with Gasteiger partial charge >= 0.3 is 6.09 Å². The van der Waals surface area contributed by atoms with E-state index < -0.39 is 6.09 Å².